The molecule has 0 spiro atoms. The standard InChI is InChI=1S/C21H36N6O9/c1-10(2)9-14(20(34)26-13(21(35)36)4-7-16(24)29)27-19(33)12(5-8-17(30)31)25-18(32)11(22)3-6-15(23)28/h10-14H,3-9,22H2,1-2H3,(H2,23,28)(H2,24,29)(H,25,32)(H,26,34)(H,27,33)(H,30,31)(H,35,36). The van der Waals surface area contributed by atoms with Crippen LogP contribution < -0.4 is 33.2 Å². The van der Waals surface area contributed by atoms with Gasteiger partial charge in [-0.1, -0.05) is 13.8 Å². The van der Waals surface area contributed by atoms with Crippen molar-refractivity contribution in [3.63, 3.8) is 0 Å². The Morgan fingerprint density at radius 3 is 1.58 bits per heavy atom. The van der Waals surface area contributed by atoms with Crippen LogP contribution in [0.15, 0.2) is 0 Å². The van der Waals surface area contributed by atoms with E-state index < -0.39 is 72.1 Å². The topological polar surface area (TPSA) is 274 Å². The fourth-order valence-corrected chi connectivity index (χ4v) is 3.04. The van der Waals surface area contributed by atoms with Gasteiger partial charge in [0.05, 0.1) is 6.04 Å². The lowest BCUT2D eigenvalue weighted by Gasteiger charge is -2.26. The van der Waals surface area contributed by atoms with Crippen LogP contribution in [0.1, 0.15) is 58.8 Å². The summed E-state index contributed by atoms with van der Waals surface area (Å²) in [5.41, 5.74) is 15.8. The Labute approximate surface area is 207 Å². The van der Waals surface area contributed by atoms with E-state index in [1.807, 2.05) is 0 Å². The minimum Gasteiger partial charge on any atom is -0.481 e. The molecule has 0 aromatic heterocycles. The van der Waals surface area contributed by atoms with E-state index in [-0.39, 0.29) is 44.4 Å². The first-order valence-corrected chi connectivity index (χ1v) is 11.3. The molecule has 0 fully saturated rings. The van der Waals surface area contributed by atoms with E-state index in [0.717, 1.165) is 0 Å². The SMILES string of the molecule is CC(C)CC(NC(=O)C(CCC(=O)O)NC(=O)C(N)CCC(N)=O)C(=O)NC(CCC(N)=O)C(=O)O. The van der Waals surface area contributed by atoms with Crippen molar-refractivity contribution in [2.75, 3.05) is 0 Å². The Bertz CT molecular complexity index is 833. The van der Waals surface area contributed by atoms with Gasteiger partial charge < -0.3 is 43.4 Å². The molecule has 0 heterocycles. The monoisotopic (exact) mass is 516 g/mol. The van der Waals surface area contributed by atoms with Crippen molar-refractivity contribution in [1.82, 2.24) is 16.0 Å². The maximum Gasteiger partial charge on any atom is 0.326 e. The summed E-state index contributed by atoms with van der Waals surface area (Å²) in [6.45, 7) is 3.49. The van der Waals surface area contributed by atoms with Crippen molar-refractivity contribution in [2.45, 2.75) is 83.0 Å². The summed E-state index contributed by atoms with van der Waals surface area (Å²) in [5.74, 6) is -6.80. The van der Waals surface area contributed by atoms with Gasteiger partial charge in [0, 0.05) is 19.3 Å². The number of nitrogens with two attached hydrogens (primary N) is 3. The van der Waals surface area contributed by atoms with Gasteiger partial charge in [-0.05, 0) is 31.6 Å². The Morgan fingerprint density at radius 2 is 1.11 bits per heavy atom. The Morgan fingerprint density at radius 1 is 0.667 bits per heavy atom. The van der Waals surface area contributed by atoms with Gasteiger partial charge in [-0.2, -0.15) is 0 Å². The molecule has 11 N–H and O–H groups in total. The van der Waals surface area contributed by atoms with E-state index in [0.29, 0.717) is 0 Å². The number of nitrogens with one attached hydrogen (secondary N) is 3. The summed E-state index contributed by atoms with van der Waals surface area (Å²) < 4.78 is 0. The predicted octanol–water partition coefficient (Wildman–Crippen LogP) is -2.71. The molecule has 4 atom stereocenters. The molecule has 0 rings (SSSR count). The Kier molecular flexibility index (Phi) is 14.4. The summed E-state index contributed by atoms with van der Waals surface area (Å²) in [6.07, 6.45) is -1.59. The van der Waals surface area contributed by atoms with Crippen LogP contribution in [-0.4, -0.2) is 75.9 Å². The fourth-order valence-electron chi connectivity index (χ4n) is 3.04. The Balaban J connectivity index is 5.56. The maximum absolute atomic E-state index is 12.9. The third kappa shape index (κ3) is 13.8. The van der Waals surface area contributed by atoms with E-state index in [1.165, 1.54) is 0 Å². The number of primary amides is 2. The van der Waals surface area contributed by atoms with Crippen LogP contribution in [0.3, 0.4) is 0 Å². The molecule has 5 amide bonds. The second-order valence-corrected chi connectivity index (χ2v) is 8.70. The van der Waals surface area contributed by atoms with Gasteiger partial charge in [0.1, 0.15) is 18.1 Å². The zero-order chi connectivity index (χ0) is 28.0. The highest BCUT2D eigenvalue weighted by Crippen LogP contribution is 2.09. The maximum atomic E-state index is 12.9. The molecule has 0 saturated carbocycles. The normalized spacial score (nSPS) is 14.1. The molecule has 0 radical (unpaired) electrons. The van der Waals surface area contributed by atoms with Gasteiger partial charge in [0.2, 0.25) is 29.5 Å². The quantitative estimate of drug-likeness (QED) is 0.0932. The number of aliphatic carboxylic acids is 2. The van der Waals surface area contributed by atoms with Gasteiger partial charge in [0.15, 0.2) is 0 Å². The highest BCUT2D eigenvalue weighted by Gasteiger charge is 2.31. The lowest BCUT2D eigenvalue weighted by molar-refractivity contribution is -0.142. The predicted molar refractivity (Wildman–Crippen MR) is 125 cm³/mol. The average molecular weight is 517 g/mol. The minimum absolute atomic E-state index is 0.0808. The number of hydrogen-bond donors (Lipinski definition) is 8. The Hall–Kier alpha value is -3.75. The number of rotatable bonds is 18. The van der Waals surface area contributed by atoms with Gasteiger partial charge in [-0.3, -0.25) is 28.8 Å². The van der Waals surface area contributed by atoms with Crippen molar-refractivity contribution in [1.29, 1.82) is 0 Å². The summed E-state index contributed by atoms with van der Waals surface area (Å²) in [6, 6.07) is -5.27. The number of carboxylic acid groups (broad SMARTS) is 2. The van der Waals surface area contributed by atoms with Crippen molar-refractivity contribution in [2.24, 2.45) is 23.1 Å². The highest BCUT2D eigenvalue weighted by atomic mass is 16.4. The molecule has 4 unspecified atom stereocenters. The first-order chi connectivity index (χ1) is 16.6. The third-order valence-corrected chi connectivity index (χ3v) is 4.95. The second-order valence-electron chi connectivity index (χ2n) is 8.70. The van der Waals surface area contributed by atoms with Crippen molar-refractivity contribution < 1.29 is 43.8 Å². The van der Waals surface area contributed by atoms with Crippen LogP contribution in [-0.2, 0) is 33.6 Å². The van der Waals surface area contributed by atoms with E-state index in [1.54, 1.807) is 13.8 Å². The van der Waals surface area contributed by atoms with Crippen molar-refractivity contribution >= 4 is 41.5 Å². The molecule has 204 valence electrons. The molecule has 0 aromatic rings. The number of hydrogen-bond acceptors (Lipinski definition) is 8. The summed E-state index contributed by atoms with van der Waals surface area (Å²) in [4.78, 5) is 82.4. The molecule has 0 aliphatic heterocycles. The number of carbonyl (C=O) groups is 7. The fraction of sp³-hybridized carbons (Fsp3) is 0.667. The summed E-state index contributed by atoms with van der Waals surface area (Å²) in [7, 11) is 0. The van der Waals surface area contributed by atoms with Gasteiger partial charge in [-0.25, -0.2) is 4.79 Å². The second kappa shape index (κ2) is 16.0. The molecule has 15 heteroatoms. The van der Waals surface area contributed by atoms with Crippen LogP contribution in [0.2, 0.25) is 0 Å². The van der Waals surface area contributed by atoms with Crippen LogP contribution in [0, 0.1) is 5.92 Å². The molecule has 0 aliphatic carbocycles. The molecular weight excluding hydrogens is 480 g/mol. The van der Waals surface area contributed by atoms with Crippen molar-refractivity contribution in [3.8, 4) is 0 Å². The molecular formula is C21H36N6O9. The number of carboxylic acids is 2. The average Bonchev–Trinajstić information content (AvgIpc) is 2.75. The van der Waals surface area contributed by atoms with E-state index >= 15 is 0 Å². The minimum atomic E-state index is -1.44. The van der Waals surface area contributed by atoms with Crippen LogP contribution >= 0.6 is 0 Å². The van der Waals surface area contributed by atoms with Crippen LogP contribution in [0.5, 0.6) is 0 Å². The molecule has 36 heavy (non-hydrogen) atoms. The first kappa shape index (κ1) is 32.2. The van der Waals surface area contributed by atoms with E-state index in [4.69, 9.17) is 22.3 Å². The zero-order valence-corrected chi connectivity index (χ0v) is 20.3. The molecule has 15 nitrogen and oxygen atoms in total. The largest absolute Gasteiger partial charge is 0.481 e. The molecule has 0 bridgehead atoms. The van der Waals surface area contributed by atoms with Crippen LogP contribution in [0.25, 0.3) is 0 Å². The van der Waals surface area contributed by atoms with Gasteiger partial charge in [-0.15, -0.1) is 0 Å². The summed E-state index contributed by atoms with van der Waals surface area (Å²) >= 11 is 0. The number of carbonyl (C=O) groups excluding carboxylic acids is 5. The van der Waals surface area contributed by atoms with Gasteiger partial charge in [0.25, 0.3) is 0 Å². The molecule has 0 saturated heterocycles. The first-order valence-electron chi connectivity index (χ1n) is 11.3. The zero-order valence-electron chi connectivity index (χ0n) is 20.3. The van der Waals surface area contributed by atoms with E-state index in [2.05, 4.69) is 16.0 Å². The smallest absolute Gasteiger partial charge is 0.326 e. The van der Waals surface area contributed by atoms with Gasteiger partial charge >= 0.3 is 11.9 Å². The van der Waals surface area contributed by atoms with E-state index in [9.17, 15) is 38.7 Å². The molecule has 0 aromatic carbocycles. The number of amides is 5. The summed E-state index contributed by atoms with van der Waals surface area (Å²) in [5, 5.41) is 25.3. The van der Waals surface area contributed by atoms with Crippen molar-refractivity contribution in [3.05, 3.63) is 0 Å². The highest BCUT2D eigenvalue weighted by molar-refractivity contribution is 5.94. The lowest BCUT2D eigenvalue weighted by atomic mass is 10.0. The third-order valence-electron chi connectivity index (χ3n) is 4.95. The molecule has 0 aliphatic rings. The lowest BCUT2D eigenvalue weighted by Crippen LogP contribution is -2.57. The van der Waals surface area contributed by atoms with Crippen LogP contribution in [0.4, 0.5) is 0 Å².